The van der Waals surface area contributed by atoms with Crippen molar-refractivity contribution in [2.24, 2.45) is 0 Å². The van der Waals surface area contributed by atoms with Crippen molar-refractivity contribution >= 4 is 11.3 Å². The van der Waals surface area contributed by atoms with E-state index in [-0.39, 0.29) is 0 Å². The van der Waals surface area contributed by atoms with Gasteiger partial charge in [-0.2, -0.15) is 0 Å². The zero-order valence-electron chi connectivity index (χ0n) is 12.0. The second-order valence-electron chi connectivity index (χ2n) is 5.62. The number of nitrogens with zero attached hydrogens (tertiary/aromatic N) is 4. The molecular weight excluding hydrogens is 268 g/mol. The molecule has 1 atom stereocenters. The van der Waals surface area contributed by atoms with Crippen LogP contribution in [0, 0.1) is 0 Å². The molecule has 0 bridgehead atoms. The number of piperidine rings is 1. The summed E-state index contributed by atoms with van der Waals surface area (Å²) in [5.74, 6) is 0.506. The average molecular weight is 288 g/mol. The van der Waals surface area contributed by atoms with E-state index in [9.17, 15) is 0 Å². The monoisotopic (exact) mass is 288 g/mol. The molecule has 0 spiro atoms. The van der Waals surface area contributed by atoms with E-state index in [1.165, 1.54) is 19.4 Å². The second kappa shape index (κ2) is 5.97. The number of rotatable bonds is 3. The molecule has 0 unspecified atom stereocenters. The molecule has 4 nitrogen and oxygen atoms in total. The van der Waals surface area contributed by atoms with E-state index in [2.05, 4.69) is 28.7 Å². The Morgan fingerprint density at radius 1 is 1.25 bits per heavy atom. The zero-order valence-corrected chi connectivity index (χ0v) is 12.8. The largest absolute Gasteiger partial charge is 0.300 e. The van der Waals surface area contributed by atoms with Gasteiger partial charge in [0.15, 0.2) is 0 Å². The fourth-order valence-corrected chi connectivity index (χ4v) is 3.33. The molecule has 0 radical (unpaired) electrons. The van der Waals surface area contributed by atoms with Crippen LogP contribution in [0.4, 0.5) is 0 Å². The SMILES string of the molecule is CC(C)N1CCC[C@@H](c2cncc(-c3cncs3)n2)C1. The summed E-state index contributed by atoms with van der Waals surface area (Å²) in [4.78, 5) is 16.9. The molecule has 0 N–H and O–H groups in total. The summed E-state index contributed by atoms with van der Waals surface area (Å²) in [6, 6.07) is 0.607. The van der Waals surface area contributed by atoms with Crippen molar-refractivity contribution in [3.8, 4) is 10.6 Å². The maximum absolute atomic E-state index is 4.81. The average Bonchev–Trinajstić information content (AvgIpc) is 3.02. The predicted molar refractivity (Wildman–Crippen MR) is 81.8 cm³/mol. The lowest BCUT2D eigenvalue weighted by molar-refractivity contribution is 0.166. The molecule has 1 aliphatic rings. The summed E-state index contributed by atoms with van der Waals surface area (Å²) >= 11 is 1.61. The van der Waals surface area contributed by atoms with E-state index in [4.69, 9.17) is 4.98 Å². The van der Waals surface area contributed by atoms with Gasteiger partial charge in [0.05, 0.1) is 22.3 Å². The van der Waals surface area contributed by atoms with E-state index in [1.807, 2.05) is 24.1 Å². The standard InChI is InChI=1S/C15H20N4S/c1-11(2)19-5-3-4-12(9-19)13-6-16-7-14(18-13)15-8-17-10-20-15/h6-8,10-12H,3-5,9H2,1-2H3/t12-/m1/s1. The molecule has 2 aromatic heterocycles. The number of aromatic nitrogens is 3. The lowest BCUT2D eigenvalue weighted by atomic mass is 9.94. The van der Waals surface area contributed by atoms with Gasteiger partial charge in [-0.3, -0.25) is 9.97 Å². The first-order chi connectivity index (χ1) is 9.74. The van der Waals surface area contributed by atoms with Crippen LogP contribution in [0.2, 0.25) is 0 Å². The minimum atomic E-state index is 0.506. The summed E-state index contributed by atoms with van der Waals surface area (Å²) in [5, 5.41) is 0. The van der Waals surface area contributed by atoms with Crippen LogP contribution in [-0.2, 0) is 0 Å². The topological polar surface area (TPSA) is 41.9 Å². The fraction of sp³-hybridized carbons (Fsp3) is 0.533. The van der Waals surface area contributed by atoms with Crippen molar-refractivity contribution in [2.45, 2.75) is 38.6 Å². The van der Waals surface area contributed by atoms with Gasteiger partial charge in [-0.15, -0.1) is 11.3 Å². The summed E-state index contributed by atoms with van der Waals surface area (Å²) in [6.45, 7) is 6.83. The van der Waals surface area contributed by atoms with Gasteiger partial charge in [0, 0.05) is 30.9 Å². The number of likely N-dealkylation sites (tertiary alicyclic amines) is 1. The van der Waals surface area contributed by atoms with Crippen LogP contribution in [0.5, 0.6) is 0 Å². The first-order valence-electron chi connectivity index (χ1n) is 7.19. The Bertz CT molecular complexity index is 553. The molecule has 1 aliphatic heterocycles. The highest BCUT2D eigenvalue weighted by molar-refractivity contribution is 7.13. The van der Waals surface area contributed by atoms with Gasteiger partial charge in [0.25, 0.3) is 0 Å². The van der Waals surface area contributed by atoms with Crippen LogP contribution in [0.3, 0.4) is 0 Å². The first-order valence-corrected chi connectivity index (χ1v) is 8.07. The molecule has 1 fully saturated rings. The normalized spacial score (nSPS) is 20.4. The molecule has 0 aliphatic carbocycles. The fourth-order valence-electron chi connectivity index (χ4n) is 2.76. The third kappa shape index (κ3) is 2.88. The van der Waals surface area contributed by atoms with Gasteiger partial charge >= 0.3 is 0 Å². The van der Waals surface area contributed by atoms with Gasteiger partial charge in [-0.25, -0.2) is 4.98 Å². The first kappa shape index (κ1) is 13.6. The molecule has 2 aromatic rings. The molecule has 106 valence electrons. The molecule has 0 aromatic carbocycles. The van der Waals surface area contributed by atoms with Crippen molar-refractivity contribution in [3.63, 3.8) is 0 Å². The second-order valence-corrected chi connectivity index (χ2v) is 6.51. The highest BCUT2D eigenvalue weighted by atomic mass is 32.1. The Labute approximate surface area is 123 Å². The lowest BCUT2D eigenvalue weighted by Crippen LogP contribution is -2.39. The van der Waals surface area contributed by atoms with Gasteiger partial charge in [-0.05, 0) is 33.2 Å². The molecule has 5 heteroatoms. The molecule has 3 heterocycles. The Kier molecular flexibility index (Phi) is 4.08. The van der Waals surface area contributed by atoms with Gasteiger partial charge < -0.3 is 4.90 Å². The third-order valence-corrected chi connectivity index (χ3v) is 4.73. The highest BCUT2D eigenvalue weighted by Gasteiger charge is 2.24. The Morgan fingerprint density at radius 2 is 2.15 bits per heavy atom. The Hall–Kier alpha value is -1.33. The van der Waals surface area contributed by atoms with Crippen LogP contribution in [0.25, 0.3) is 10.6 Å². The summed E-state index contributed by atoms with van der Waals surface area (Å²) in [7, 11) is 0. The molecule has 1 saturated heterocycles. The third-order valence-electron chi connectivity index (χ3n) is 3.94. The number of hydrogen-bond acceptors (Lipinski definition) is 5. The molecule has 0 amide bonds. The molecule has 20 heavy (non-hydrogen) atoms. The van der Waals surface area contributed by atoms with Crippen LogP contribution in [0.1, 0.15) is 38.3 Å². The van der Waals surface area contributed by atoms with Gasteiger partial charge in [0.2, 0.25) is 0 Å². The summed E-state index contributed by atoms with van der Waals surface area (Å²) < 4.78 is 0. The highest BCUT2D eigenvalue weighted by Crippen LogP contribution is 2.28. The maximum Gasteiger partial charge on any atom is 0.100 e. The van der Waals surface area contributed by atoms with Gasteiger partial charge in [-0.1, -0.05) is 0 Å². The van der Waals surface area contributed by atoms with Crippen molar-refractivity contribution in [3.05, 3.63) is 29.8 Å². The smallest absolute Gasteiger partial charge is 0.100 e. The van der Waals surface area contributed by atoms with E-state index < -0.39 is 0 Å². The predicted octanol–water partition coefficient (Wildman–Crippen LogP) is 3.19. The molecular formula is C15H20N4S. The Morgan fingerprint density at radius 3 is 2.90 bits per heavy atom. The van der Waals surface area contributed by atoms with Crippen LogP contribution < -0.4 is 0 Å². The van der Waals surface area contributed by atoms with E-state index in [0.717, 1.165) is 22.8 Å². The van der Waals surface area contributed by atoms with Crippen LogP contribution in [-0.4, -0.2) is 39.0 Å². The number of hydrogen-bond donors (Lipinski definition) is 0. The van der Waals surface area contributed by atoms with Crippen molar-refractivity contribution < 1.29 is 0 Å². The minimum Gasteiger partial charge on any atom is -0.300 e. The quantitative estimate of drug-likeness (QED) is 0.870. The molecule has 0 saturated carbocycles. The maximum atomic E-state index is 4.81. The van der Waals surface area contributed by atoms with E-state index >= 15 is 0 Å². The van der Waals surface area contributed by atoms with E-state index in [1.54, 1.807) is 11.3 Å². The lowest BCUT2D eigenvalue weighted by Gasteiger charge is -2.35. The summed E-state index contributed by atoms with van der Waals surface area (Å²) in [5.41, 5.74) is 3.91. The minimum absolute atomic E-state index is 0.506. The summed E-state index contributed by atoms with van der Waals surface area (Å²) in [6.07, 6.45) is 8.08. The van der Waals surface area contributed by atoms with Crippen molar-refractivity contribution in [1.29, 1.82) is 0 Å². The van der Waals surface area contributed by atoms with Crippen molar-refractivity contribution in [2.75, 3.05) is 13.1 Å². The van der Waals surface area contributed by atoms with Crippen LogP contribution >= 0.6 is 11.3 Å². The number of thiazole rings is 1. The van der Waals surface area contributed by atoms with Crippen molar-refractivity contribution in [1.82, 2.24) is 19.9 Å². The Balaban J connectivity index is 1.81. The van der Waals surface area contributed by atoms with Gasteiger partial charge in [0.1, 0.15) is 5.69 Å². The zero-order chi connectivity index (χ0) is 13.9. The van der Waals surface area contributed by atoms with E-state index in [0.29, 0.717) is 12.0 Å². The van der Waals surface area contributed by atoms with Crippen LogP contribution in [0.15, 0.2) is 24.1 Å². The molecule has 3 rings (SSSR count).